The minimum atomic E-state index is 0. The maximum absolute atomic E-state index is 6.60. The molecule has 4 heterocycles. The number of halogens is 2. The van der Waals surface area contributed by atoms with E-state index in [4.69, 9.17) is 26.4 Å². The van der Waals surface area contributed by atoms with E-state index < -0.39 is 0 Å². The van der Waals surface area contributed by atoms with Crippen LogP contribution in [0.1, 0.15) is 49.6 Å². The molecule has 0 N–H and O–H groups in total. The first-order valence-corrected chi connectivity index (χ1v) is 11.1. The van der Waals surface area contributed by atoms with Crippen molar-refractivity contribution < 1.29 is 4.74 Å². The van der Waals surface area contributed by atoms with E-state index in [0.717, 1.165) is 71.9 Å². The zero-order valence-electron chi connectivity index (χ0n) is 17.2. The summed E-state index contributed by atoms with van der Waals surface area (Å²) in [5.41, 5.74) is 5.07. The highest BCUT2D eigenvalue weighted by atomic mass is 35.5. The van der Waals surface area contributed by atoms with E-state index in [-0.39, 0.29) is 12.4 Å². The Hall–Kier alpha value is -1.41. The zero-order valence-corrected chi connectivity index (χ0v) is 19.6. The number of ether oxygens (including phenoxy) is 1. The van der Waals surface area contributed by atoms with Gasteiger partial charge in [-0.2, -0.15) is 5.10 Å². The Balaban J connectivity index is 0.00000240. The standard InChI is InChI=1S/C20H26ClN5OS.ClH/c1-5-14(6-2)15-11-12(3)24-26-16(13(4)22-19(15)26)17-18(21)23-20(28-17)25-7-9-27-10-8-25;/h11,14H,5-10H2,1-4H3;1H. The van der Waals surface area contributed by atoms with Crippen molar-refractivity contribution in [3.05, 3.63) is 28.2 Å². The second-order valence-electron chi connectivity index (χ2n) is 7.25. The number of rotatable bonds is 5. The molecule has 3 aromatic heterocycles. The molecule has 4 rings (SSSR count). The van der Waals surface area contributed by atoms with E-state index in [9.17, 15) is 0 Å². The lowest BCUT2D eigenvalue weighted by Crippen LogP contribution is -2.36. The van der Waals surface area contributed by atoms with Crippen LogP contribution in [0.15, 0.2) is 6.07 Å². The fourth-order valence-electron chi connectivity index (χ4n) is 3.90. The van der Waals surface area contributed by atoms with Crippen molar-refractivity contribution in [2.24, 2.45) is 0 Å². The molecular weight excluding hydrogens is 429 g/mol. The third-order valence-corrected chi connectivity index (χ3v) is 6.91. The van der Waals surface area contributed by atoms with Crippen molar-refractivity contribution >= 4 is 46.1 Å². The molecule has 0 saturated carbocycles. The fraction of sp³-hybridized carbons (Fsp3) is 0.550. The van der Waals surface area contributed by atoms with Gasteiger partial charge in [0.2, 0.25) is 0 Å². The second kappa shape index (κ2) is 9.16. The number of nitrogens with zero attached hydrogens (tertiary/aromatic N) is 5. The summed E-state index contributed by atoms with van der Waals surface area (Å²) in [7, 11) is 0. The number of aryl methyl sites for hydroxylation is 2. The highest BCUT2D eigenvalue weighted by Gasteiger charge is 2.25. The van der Waals surface area contributed by atoms with Gasteiger partial charge in [-0.1, -0.05) is 36.8 Å². The molecule has 158 valence electrons. The average Bonchev–Trinajstić information content (AvgIpc) is 3.22. The van der Waals surface area contributed by atoms with Crippen LogP contribution in [-0.2, 0) is 4.74 Å². The number of anilines is 1. The Kier molecular flexibility index (Phi) is 7.04. The number of fused-ring (bicyclic) bond motifs is 1. The van der Waals surface area contributed by atoms with Crippen LogP contribution in [0.2, 0.25) is 5.15 Å². The summed E-state index contributed by atoms with van der Waals surface area (Å²) in [5.74, 6) is 0.472. The van der Waals surface area contributed by atoms with E-state index >= 15 is 0 Å². The molecule has 1 aliphatic heterocycles. The van der Waals surface area contributed by atoms with Gasteiger partial charge in [-0.25, -0.2) is 14.5 Å². The molecule has 0 amide bonds. The lowest BCUT2D eigenvalue weighted by molar-refractivity contribution is 0.122. The van der Waals surface area contributed by atoms with Crippen LogP contribution in [-0.4, -0.2) is 45.9 Å². The van der Waals surface area contributed by atoms with Crippen LogP contribution in [0.5, 0.6) is 0 Å². The van der Waals surface area contributed by atoms with Crippen molar-refractivity contribution in [3.8, 4) is 10.6 Å². The van der Waals surface area contributed by atoms with Gasteiger partial charge in [0.1, 0.15) is 5.69 Å². The number of thiazole rings is 1. The minimum absolute atomic E-state index is 0. The Morgan fingerprint density at radius 3 is 2.52 bits per heavy atom. The monoisotopic (exact) mass is 455 g/mol. The Morgan fingerprint density at radius 1 is 1.17 bits per heavy atom. The summed E-state index contributed by atoms with van der Waals surface area (Å²) < 4.78 is 7.43. The summed E-state index contributed by atoms with van der Waals surface area (Å²) in [6, 6.07) is 2.18. The van der Waals surface area contributed by atoms with Crippen molar-refractivity contribution in [1.29, 1.82) is 0 Å². The summed E-state index contributed by atoms with van der Waals surface area (Å²) in [6.45, 7) is 11.6. The molecule has 1 saturated heterocycles. The largest absolute Gasteiger partial charge is 0.378 e. The molecule has 0 atom stereocenters. The quantitative estimate of drug-likeness (QED) is 0.523. The molecule has 0 radical (unpaired) electrons. The van der Waals surface area contributed by atoms with Crippen molar-refractivity contribution in [2.75, 3.05) is 31.2 Å². The Morgan fingerprint density at radius 2 is 1.86 bits per heavy atom. The molecule has 0 bridgehead atoms. The molecule has 0 spiro atoms. The van der Waals surface area contributed by atoms with Gasteiger partial charge in [0.25, 0.3) is 0 Å². The topological polar surface area (TPSA) is 55.5 Å². The zero-order chi connectivity index (χ0) is 19.8. The minimum Gasteiger partial charge on any atom is -0.378 e. The van der Waals surface area contributed by atoms with Crippen LogP contribution in [0, 0.1) is 13.8 Å². The maximum Gasteiger partial charge on any atom is 0.187 e. The smallest absolute Gasteiger partial charge is 0.187 e. The van der Waals surface area contributed by atoms with Crippen LogP contribution in [0.25, 0.3) is 16.2 Å². The van der Waals surface area contributed by atoms with Crippen LogP contribution >= 0.6 is 35.3 Å². The summed E-state index contributed by atoms with van der Waals surface area (Å²) >= 11 is 8.21. The number of morpholine rings is 1. The third-order valence-electron chi connectivity index (χ3n) is 5.41. The van der Waals surface area contributed by atoms with Gasteiger partial charge in [0.05, 0.1) is 29.5 Å². The molecule has 29 heavy (non-hydrogen) atoms. The number of aromatic nitrogens is 4. The normalized spacial score (nSPS) is 14.6. The Labute approximate surface area is 186 Å². The van der Waals surface area contributed by atoms with E-state index in [1.807, 2.05) is 18.4 Å². The first-order chi connectivity index (χ1) is 13.5. The van der Waals surface area contributed by atoms with Gasteiger partial charge < -0.3 is 9.64 Å². The van der Waals surface area contributed by atoms with Crippen LogP contribution < -0.4 is 4.90 Å². The molecular formula is C20H27Cl2N5OS. The summed E-state index contributed by atoms with van der Waals surface area (Å²) in [6.07, 6.45) is 2.17. The van der Waals surface area contributed by atoms with Gasteiger partial charge in [-0.3, -0.25) is 0 Å². The molecule has 1 fully saturated rings. The molecule has 1 aliphatic rings. The number of hydrogen-bond acceptors (Lipinski definition) is 6. The first kappa shape index (κ1) is 22.3. The lowest BCUT2D eigenvalue weighted by Gasteiger charge is -2.25. The molecule has 3 aromatic rings. The molecule has 9 heteroatoms. The van der Waals surface area contributed by atoms with Gasteiger partial charge in [-0.05, 0) is 38.7 Å². The maximum atomic E-state index is 6.60. The summed E-state index contributed by atoms with van der Waals surface area (Å²) in [5, 5.41) is 6.24. The van der Waals surface area contributed by atoms with E-state index in [0.29, 0.717) is 11.1 Å². The van der Waals surface area contributed by atoms with Gasteiger partial charge >= 0.3 is 0 Å². The number of hydrogen-bond donors (Lipinski definition) is 0. The highest BCUT2D eigenvalue weighted by Crippen LogP contribution is 2.40. The third kappa shape index (κ3) is 4.10. The molecule has 0 aromatic carbocycles. The summed E-state index contributed by atoms with van der Waals surface area (Å²) in [4.78, 5) is 12.7. The van der Waals surface area contributed by atoms with Gasteiger partial charge in [-0.15, -0.1) is 12.4 Å². The Bertz CT molecular complexity index is 993. The SMILES string of the molecule is CCC(CC)c1cc(C)nn2c(-c3sc(N4CCOCC4)nc3Cl)c(C)nc12.Cl. The van der Waals surface area contributed by atoms with Crippen molar-refractivity contribution in [2.45, 2.75) is 46.5 Å². The van der Waals surface area contributed by atoms with E-state index in [1.165, 1.54) is 5.56 Å². The van der Waals surface area contributed by atoms with Gasteiger partial charge in [0, 0.05) is 18.7 Å². The van der Waals surface area contributed by atoms with Crippen LogP contribution in [0.3, 0.4) is 0 Å². The second-order valence-corrected chi connectivity index (χ2v) is 8.59. The molecule has 0 aliphatic carbocycles. The van der Waals surface area contributed by atoms with E-state index in [1.54, 1.807) is 11.3 Å². The fourth-order valence-corrected chi connectivity index (χ4v) is 5.32. The predicted molar refractivity (Wildman–Crippen MR) is 122 cm³/mol. The van der Waals surface area contributed by atoms with Crippen molar-refractivity contribution in [3.63, 3.8) is 0 Å². The average molecular weight is 456 g/mol. The molecule has 6 nitrogen and oxygen atoms in total. The predicted octanol–water partition coefficient (Wildman–Crippen LogP) is 5.29. The number of imidazole rings is 1. The molecule has 0 unspecified atom stereocenters. The van der Waals surface area contributed by atoms with Gasteiger partial charge in [0.15, 0.2) is 15.9 Å². The first-order valence-electron chi connectivity index (χ1n) is 9.89. The highest BCUT2D eigenvalue weighted by molar-refractivity contribution is 7.19. The van der Waals surface area contributed by atoms with Crippen LogP contribution in [0.4, 0.5) is 5.13 Å². The van der Waals surface area contributed by atoms with Crippen molar-refractivity contribution in [1.82, 2.24) is 19.6 Å². The lowest BCUT2D eigenvalue weighted by atomic mass is 9.95. The van der Waals surface area contributed by atoms with E-state index in [2.05, 4.69) is 29.8 Å².